The highest BCUT2D eigenvalue weighted by molar-refractivity contribution is 6.01. The molecule has 0 aliphatic rings. The topological polar surface area (TPSA) is 53.2 Å². The first-order valence-corrected chi connectivity index (χ1v) is 7.78. The van der Waals surface area contributed by atoms with Gasteiger partial charge in [0.15, 0.2) is 11.5 Å². The molecule has 3 nitrogen and oxygen atoms in total. The summed E-state index contributed by atoms with van der Waals surface area (Å²) in [5.41, 5.74) is 2.27. The second-order valence-corrected chi connectivity index (χ2v) is 5.36. The first-order chi connectivity index (χ1) is 11.7. The highest BCUT2D eigenvalue weighted by Crippen LogP contribution is 2.30. The molecular weight excluding hydrogens is 298 g/mol. The van der Waals surface area contributed by atoms with E-state index in [1.807, 2.05) is 55.5 Å². The predicted octanol–water partition coefficient (Wildman–Crippen LogP) is 5.01. The van der Waals surface area contributed by atoms with Gasteiger partial charge in [-0.1, -0.05) is 48.5 Å². The molecule has 3 aromatic rings. The van der Waals surface area contributed by atoms with Gasteiger partial charge in [-0.05, 0) is 41.5 Å². The zero-order valence-corrected chi connectivity index (χ0v) is 13.4. The van der Waals surface area contributed by atoms with Gasteiger partial charge in [0, 0.05) is 5.56 Å². The number of nitriles is 1. The van der Waals surface area contributed by atoms with Crippen LogP contribution in [0.4, 0.5) is 0 Å². The lowest BCUT2D eigenvalue weighted by atomic mass is 9.97. The summed E-state index contributed by atoms with van der Waals surface area (Å²) in [6, 6.07) is 21.3. The maximum absolute atomic E-state index is 9.81. The van der Waals surface area contributed by atoms with Gasteiger partial charge < -0.3 is 9.84 Å². The number of hydrogen-bond donors (Lipinski definition) is 1. The Labute approximate surface area is 141 Å². The molecule has 0 saturated carbocycles. The number of rotatable bonds is 4. The average Bonchev–Trinajstić information content (AvgIpc) is 2.62. The summed E-state index contributed by atoms with van der Waals surface area (Å²) in [6.07, 6.45) is 1.81. The molecule has 1 N–H and O–H groups in total. The summed E-state index contributed by atoms with van der Waals surface area (Å²) in [5.74, 6) is 0.513. The molecule has 3 heteroatoms. The summed E-state index contributed by atoms with van der Waals surface area (Å²) < 4.78 is 5.41. The number of phenolic OH excluding ortho intramolecular Hbond substituents is 1. The molecule has 0 aliphatic carbocycles. The monoisotopic (exact) mass is 315 g/mol. The van der Waals surface area contributed by atoms with Crippen LogP contribution in [-0.4, -0.2) is 11.7 Å². The van der Waals surface area contributed by atoms with Crippen molar-refractivity contribution >= 4 is 22.4 Å². The van der Waals surface area contributed by atoms with Crippen molar-refractivity contribution < 1.29 is 9.84 Å². The molecule has 0 saturated heterocycles. The maximum Gasteiger partial charge on any atom is 0.161 e. The van der Waals surface area contributed by atoms with Crippen LogP contribution in [0.3, 0.4) is 0 Å². The van der Waals surface area contributed by atoms with Crippen molar-refractivity contribution in [3.8, 4) is 17.6 Å². The molecule has 0 aliphatic heterocycles. The third kappa shape index (κ3) is 3.09. The lowest BCUT2D eigenvalue weighted by Gasteiger charge is -2.08. The van der Waals surface area contributed by atoms with Gasteiger partial charge in [0.2, 0.25) is 0 Å². The molecule has 0 radical (unpaired) electrons. The van der Waals surface area contributed by atoms with E-state index in [2.05, 4.69) is 6.07 Å². The van der Waals surface area contributed by atoms with Crippen LogP contribution in [0.25, 0.3) is 22.4 Å². The number of hydrogen-bond acceptors (Lipinski definition) is 3. The van der Waals surface area contributed by atoms with Gasteiger partial charge in [0.1, 0.15) is 0 Å². The van der Waals surface area contributed by atoms with Crippen molar-refractivity contribution in [2.24, 2.45) is 0 Å². The summed E-state index contributed by atoms with van der Waals surface area (Å²) in [5, 5.41) is 21.6. The van der Waals surface area contributed by atoms with Gasteiger partial charge >= 0.3 is 0 Å². The summed E-state index contributed by atoms with van der Waals surface area (Å²) >= 11 is 0. The SMILES string of the molecule is CCOc1cc(/C=C(/C#N)c2cccc3ccccc23)ccc1O. The van der Waals surface area contributed by atoms with Gasteiger partial charge in [-0.2, -0.15) is 5.26 Å². The lowest BCUT2D eigenvalue weighted by Crippen LogP contribution is -1.92. The van der Waals surface area contributed by atoms with E-state index < -0.39 is 0 Å². The van der Waals surface area contributed by atoms with E-state index in [1.165, 1.54) is 0 Å². The van der Waals surface area contributed by atoms with Gasteiger partial charge in [-0.15, -0.1) is 0 Å². The number of allylic oxidation sites excluding steroid dienone is 1. The molecule has 0 atom stereocenters. The van der Waals surface area contributed by atoms with Crippen LogP contribution in [-0.2, 0) is 0 Å². The van der Waals surface area contributed by atoms with Crippen LogP contribution in [0, 0.1) is 11.3 Å². The molecule has 3 rings (SSSR count). The molecule has 3 aromatic carbocycles. The van der Waals surface area contributed by atoms with Crippen molar-refractivity contribution in [3.05, 3.63) is 71.8 Å². The van der Waals surface area contributed by atoms with E-state index in [4.69, 9.17) is 4.74 Å². The Bertz CT molecular complexity index is 946. The van der Waals surface area contributed by atoms with Gasteiger partial charge in [0.25, 0.3) is 0 Å². The highest BCUT2D eigenvalue weighted by Gasteiger charge is 2.08. The molecule has 24 heavy (non-hydrogen) atoms. The van der Waals surface area contributed by atoms with Gasteiger partial charge in [0.05, 0.1) is 18.2 Å². The Morgan fingerprint density at radius 1 is 1.12 bits per heavy atom. The first kappa shape index (κ1) is 15.6. The zero-order chi connectivity index (χ0) is 16.9. The van der Waals surface area contributed by atoms with Gasteiger partial charge in [-0.3, -0.25) is 0 Å². The molecule has 118 valence electrons. The second kappa shape index (κ2) is 6.89. The quantitative estimate of drug-likeness (QED) is 0.544. The minimum Gasteiger partial charge on any atom is -0.504 e. The molecule has 0 amide bonds. The Morgan fingerprint density at radius 2 is 1.92 bits per heavy atom. The number of aromatic hydroxyl groups is 1. The average molecular weight is 315 g/mol. The van der Waals surface area contributed by atoms with Crippen LogP contribution in [0.5, 0.6) is 11.5 Å². The van der Waals surface area contributed by atoms with E-state index in [-0.39, 0.29) is 5.75 Å². The largest absolute Gasteiger partial charge is 0.504 e. The summed E-state index contributed by atoms with van der Waals surface area (Å²) in [4.78, 5) is 0. The predicted molar refractivity (Wildman–Crippen MR) is 96.7 cm³/mol. The Balaban J connectivity index is 2.10. The zero-order valence-electron chi connectivity index (χ0n) is 13.4. The Morgan fingerprint density at radius 3 is 2.71 bits per heavy atom. The highest BCUT2D eigenvalue weighted by atomic mass is 16.5. The molecule has 0 fully saturated rings. The third-order valence-corrected chi connectivity index (χ3v) is 3.79. The normalized spacial score (nSPS) is 11.2. The number of fused-ring (bicyclic) bond motifs is 1. The van der Waals surface area contributed by atoms with Gasteiger partial charge in [-0.25, -0.2) is 0 Å². The lowest BCUT2D eigenvalue weighted by molar-refractivity contribution is 0.318. The van der Waals surface area contributed by atoms with Crippen LogP contribution < -0.4 is 4.74 Å². The van der Waals surface area contributed by atoms with E-state index in [1.54, 1.807) is 18.2 Å². The number of benzene rings is 3. The smallest absolute Gasteiger partial charge is 0.161 e. The maximum atomic E-state index is 9.81. The molecule has 0 bridgehead atoms. The Kier molecular flexibility index (Phi) is 4.49. The fraction of sp³-hybridized carbons (Fsp3) is 0.0952. The van der Waals surface area contributed by atoms with E-state index in [0.717, 1.165) is 21.9 Å². The van der Waals surface area contributed by atoms with Crippen molar-refractivity contribution in [1.29, 1.82) is 5.26 Å². The standard InChI is InChI=1S/C21H17NO2/c1-2-24-21-13-15(10-11-20(21)23)12-17(14-22)19-9-5-7-16-6-3-4-8-18(16)19/h3-13,23H,2H2,1H3/b17-12-. The number of nitrogens with zero attached hydrogens (tertiary/aromatic N) is 1. The van der Waals surface area contributed by atoms with E-state index in [9.17, 15) is 10.4 Å². The molecule has 0 unspecified atom stereocenters. The summed E-state index contributed by atoms with van der Waals surface area (Å²) in [7, 11) is 0. The molecule has 0 spiro atoms. The van der Waals surface area contributed by atoms with Crippen molar-refractivity contribution in [3.63, 3.8) is 0 Å². The minimum absolute atomic E-state index is 0.0951. The van der Waals surface area contributed by atoms with Crippen molar-refractivity contribution in [1.82, 2.24) is 0 Å². The van der Waals surface area contributed by atoms with E-state index in [0.29, 0.717) is 17.9 Å². The fourth-order valence-electron chi connectivity index (χ4n) is 2.69. The third-order valence-electron chi connectivity index (χ3n) is 3.79. The second-order valence-electron chi connectivity index (χ2n) is 5.36. The minimum atomic E-state index is 0.0951. The van der Waals surface area contributed by atoms with Crippen LogP contribution >= 0.6 is 0 Å². The van der Waals surface area contributed by atoms with Crippen molar-refractivity contribution in [2.75, 3.05) is 6.61 Å². The van der Waals surface area contributed by atoms with Crippen LogP contribution in [0.1, 0.15) is 18.1 Å². The molecule has 0 aromatic heterocycles. The Hall–Kier alpha value is -3.25. The molecule has 0 heterocycles. The number of phenols is 1. The van der Waals surface area contributed by atoms with Crippen LogP contribution in [0.2, 0.25) is 0 Å². The fourth-order valence-corrected chi connectivity index (χ4v) is 2.69. The summed E-state index contributed by atoms with van der Waals surface area (Å²) in [6.45, 7) is 2.33. The number of ether oxygens (including phenoxy) is 1. The first-order valence-electron chi connectivity index (χ1n) is 7.78. The van der Waals surface area contributed by atoms with Crippen LogP contribution in [0.15, 0.2) is 60.7 Å². The molecular formula is C21H17NO2. The van der Waals surface area contributed by atoms with Crippen molar-refractivity contribution in [2.45, 2.75) is 6.92 Å². The van der Waals surface area contributed by atoms with E-state index >= 15 is 0 Å².